The van der Waals surface area contributed by atoms with Crippen molar-refractivity contribution in [3.8, 4) is 17.2 Å². The van der Waals surface area contributed by atoms with Gasteiger partial charge in [0.2, 0.25) is 5.89 Å². The monoisotopic (exact) mass is 456 g/mol. The molecule has 168 valence electrons. The van der Waals surface area contributed by atoms with Crippen molar-refractivity contribution in [1.29, 1.82) is 0 Å². The number of esters is 1. The van der Waals surface area contributed by atoms with Crippen LogP contribution < -0.4 is 9.04 Å². The molecule has 0 amide bonds. The van der Waals surface area contributed by atoms with Crippen molar-refractivity contribution in [3.05, 3.63) is 60.0 Å². The molecule has 32 heavy (non-hydrogen) atoms. The normalized spacial score (nSPS) is 15.7. The number of rotatable bonds is 6. The molecule has 3 aromatic rings. The maximum absolute atomic E-state index is 13.6. The van der Waals surface area contributed by atoms with Gasteiger partial charge in [-0.2, -0.15) is 0 Å². The number of ether oxygens (including phenoxy) is 2. The quantitative estimate of drug-likeness (QED) is 0.519. The number of benzene rings is 2. The van der Waals surface area contributed by atoms with E-state index in [-0.39, 0.29) is 23.8 Å². The van der Waals surface area contributed by atoms with E-state index in [4.69, 9.17) is 13.9 Å². The number of sulfonamides is 1. The second-order valence-corrected chi connectivity index (χ2v) is 9.55. The Kier molecular flexibility index (Phi) is 5.92. The van der Waals surface area contributed by atoms with Crippen LogP contribution in [0.3, 0.4) is 0 Å². The summed E-state index contributed by atoms with van der Waals surface area (Å²) < 4.78 is 44.8. The third kappa shape index (κ3) is 4.34. The van der Waals surface area contributed by atoms with E-state index < -0.39 is 16.1 Å². The van der Waals surface area contributed by atoms with Crippen LogP contribution in [0.4, 0.5) is 5.69 Å². The van der Waals surface area contributed by atoms with E-state index in [1.54, 1.807) is 36.4 Å². The highest BCUT2D eigenvalue weighted by atomic mass is 32.2. The first-order valence-corrected chi connectivity index (χ1v) is 11.6. The van der Waals surface area contributed by atoms with Gasteiger partial charge >= 0.3 is 5.97 Å². The van der Waals surface area contributed by atoms with Crippen molar-refractivity contribution >= 4 is 21.7 Å². The Hall–Kier alpha value is -3.33. The maximum atomic E-state index is 13.6. The summed E-state index contributed by atoms with van der Waals surface area (Å²) >= 11 is 0. The number of aryl methyl sites for hydroxylation is 2. The number of hydrogen-bond donors (Lipinski definition) is 0. The fourth-order valence-corrected chi connectivity index (χ4v) is 5.20. The van der Waals surface area contributed by atoms with Gasteiger partial charge < -0.3 is 13.9 Å². The Morgan fingerprint density at radius 1 is 1.22 bits per heavy atom. The Morgan fingerprint density at radius 2 is 2.03 bits per heavy atom. The van der Waals surface area contributed by atoms with Crippen molar-refractivity contribution in [2.24, 2.45) is 0 Å². The van der Waals surface area contributed by atoms with Gasteiger partial charge in [0, 0.05) is 12.0 Å². The first-order valence-electron chi connectivity index (χ1n) is 10.2. The summed E-state index contributed by atoms with van der Waals surface area (Å²) in [6, 6.07) is 11.9. The smallest absolute Gasteiger partial charge is 0.305 e. The predicted molar refractivity (Wildman–Crippen MR) is 118 cm³/mol. The van der Waals surface area contributed by atoms with Crippen LogP contribution in [0.25, 0.3) is 11.5 Å². The van der Waals surface area contributed by atoms with Gasteiger partial charge in [-0.25, -0.2) is 13.4 Å². The molecule has 8 nitrogen and oxygen atoms in total. The summed E-state index contributed by atoms with van der Waals surface area (Å²) in [7, 11) is -2.56. The van der Waals surface area contributed by atoms with Gasteiger partial charge in [-0.1, -0.05) is 12.1 Å². The zero-order valence-corrected chi connectivity index (χ0v) is 18.9. The van der Waals surface area contributed by atoms with Crippen molar-refractivity contribution in [2.45, 2.75) is 37.7 Å². The molecule has 0 N–H and O–H groups in total. The zero-order chi connectivity index (χ0) is 22.9. The molecule has 9 heteroatoms. The van der Waals surface area contributed by atoms with Gasteiger partial charge in [-0.05, 0) is 56.2 Å². The molecule has 1 aliphatic heterocycles. The van der Waals surface area contributed by atoms with Crippen LogP contribution in [0.5, 0.6) is 5.75 Å². The average molecular weight is 457 g/mol. The molecule has 0 saturated carbocycles. The van der Waals surface area contributed by atoms with E-state index in [2.05, 4.69) is 4.98 Å². The number of aromatic nitrogens is 1. The molecule has 0 saturated heterocycles. The highest BCUT2D eigenvalue weighted by Gasteiger charge is 2.35. The lowest BCUT2D eigenvalue weighted by Crippen LogP contribution is -2.43. The van der Waals surface area contributed by atoms with E-state index >= 15 is 0 Å². The number of carbonyl (C=O) groups is 1. The van der Waals surface area contributed by atoms with E-state index in [1.807, 2.05) is 19.9 Å². The summed E-state index contributed by atoms with van der Waals surface area (Å²) in [6.07, 6.45) is 1.49. The average Bonchev–Trinajstić information content (AvgIpc) is 3.22. The molecule has 0 aliphatic carbocycles. The van der Waals surface area contributed by atoms with E-state index in [9.17, 15) is 13.2 Å². The van der Waals surface area contributed by atoms with Gasteiger partial charge in [-0.15, -0.1) is 0 Å². The fraction of sp³-hybridized carbons (Fsp3) is 0.304. The van der Waals surface area contributed by atoms with Crippen molar-refractivity contribution < 1.29 is 27.1 Å². The lowest BCUT2D eigenvalue weighted by atomic mass is 10.1. The van der Waals surface area contributed by atoms with Crippen molar-refractivity contribution in [1.82, 2.24) is 4.98 Å². The first kappa shape index (κ1) is 21.9. The molecule has 0 unspecified atom stereocenters. The topological polar surface area (TPSA) is 98.9 Å². The highest BCUT2D eigenvalue weighted by molar-refractivity contribution is 7.92. The number of methoxy groups -OCH3 is 1. The molecule has 1 aliphatic rings. The number of hydrogen-bond acceptors (Lipinski definition) is 7. The molecule has 4 rings (SSSR count). The van der Waals surface area contributed by atoms with Gasteiger partial charge in [0.25, 0.3) is 10.0 Å². The second kappa shape index (κ2) is 8.66. The van der Waals surface area contributed by atoms with Crippen LogP contribution in [-0.2, 0) is 19.6 Å². The van der Waals surface area contributed by atoms with Gasteiger partial charge in [-0.3, -0.25) is 9.10 Å². The van der Waals surface area contributed by atoms with Gasteiger partial charge in [0.05, 0.1) is 29.9 Å². The number of carbonyl (C=O) groups excluding carboxylic acids is 1. The molecule has 1 aromatic heterocycles. The standard InChI is InChI=1S/C23H24N2O6S/c1-15-5-4-6-19(11-15)32(27,28)25-13-18(8-10-22(26)29-3)31-21-9-7-17(12-20(21)25)23-24-16(2)14-30-23/h4-7,9,11-12,14,18H,8,10,13H2,1-3H3/t18-/m0/s1. The molecule has 1 atom stereocenters. The maximum Gasteiger partial charge on any atom is 0.305 e. The molecule has 0 fully saturated rings. The third-order valence-electron chi connectivity index (χ3n) is 5.23. The number of anilines is 1. The van der Waals surface area contributed by atoms with Gasteiger partial charge in [0.15, 0.2) is 0 Å². The number of fused-ring (bicyclic) bond motifs is 1. The van der Waals surface area contributed by atoms with Gasteiger partial charge in [0.1, 0.15) is 18.1 Å². The Labute approximate surface area is 186 Å². The van der Waals surface area contributed by atoms with Crippen LogP contribution in [0.2, 0.25) is 0 Å². The first-order chi connectivity index (χ1) is 15.3. The summed E-state index contributed by atoms with van der Waals surface area (Å²) in [4.78, 5) is 16.1. The molecule has 2 aromatic carbocycles. The Bertz CT molecular complexity index is 1250. The van der Waals surface area contributed by atoms with E-state index in [1.165, 1.54) is 17.7 Å². The van der Waals surface area contributed by atoms with Crippen LogP contribution >= 0.6 is 0 Å². The molecule has 0 radical (unpaired) electrons. The molecular weight excluding hydrogens is 432 g/mol. The summed E-state index contributed by atoms with van der Waals surface area (Å²) in [5, 5.41) is 0. The Morgan fingerprint density at radius 3 is 2.72 bits per heavy atom. The highest BCUT2D eigenvalue weighted by Crippen LogP contribution is 2.40. The molecular formula is C23H24N2O6S. The van der Waals surface area contributed by atoms with Crippen molar-refractivity contribution in [2.75, 3.05) is 18.0 Å². The van der Waals surface area contributed by atoms with E-state index in [0.717, 1.165) is 11.3 Å². The summed E-state index contributed by atoms with van der Waals surface area (Å²) in [5.41, 5.74) is 2.60. The van der Waals surface area contributed by atoms with Crippen LogP contribution in [0.1, 0.15) is 24.1 Å². The minimum Gasteiger partial charge on any atom is -0.486 e. The van der Waals surface area contributed by atoms with Crippen LogP contribution in [0, 0.1) is 13.8 Å². The lowest BCUT2D eigenvalue weighted by molar-refractivity contribution is -0.141. The number of oxazole rings is 1. The van der Waals surface area contributed by atoms with E-state index in [0.29, 0.717) is 29.3 Å². The zero-order valence-electron chi connectivity index (χ0n) is 18.1. The summed E-state index contributed by atoms with van der Waals surface area (Å²) in [6.45, 7) is 3.72. The second-order valence-electron chi connectivity index (χ2n) is 7.68. The number of nitrogens with zero attached hydrogens (tertiary/aromatic N) is 2. The third-order valence-corrected chi connectivity index (χ3v) is 7.01. The SMILES string of the molecule is COC(=O)CC[C@H]1CN(S(=O)(=O)c2cccc(C)c2)c2cc(-c3nc(C)co3)ccc2O1. The lowest BCUT2D eigenvalue weighted by Gasteiger charge is -2.35. The molecule has 2 heterocycles. The fourth-order valence-electron chi connectivity index (χ4n) is 3.59. The Balaban J connectivity index is 1.76. The molecule has 0 spiro atoms. The minimum absolute atomic E-state index is 0.0638. The van der Waals surface area contributed by atoms with Crippen LogP contribution in [0.15, 0.2) is 58.0 Å². The largest absolute Gasteiger partial charge is 0.486 e. The van der Waals surface area contributed by atoms with Crippen LogP contribution in [-0.4, -0.2) is 39.1 Å². The van der Waals surface area contributed by atoms with Crippen molar-refractivity contribution in [3.63, 3.8) is 0 Å². The molecule has 0 bridgehead atoms. The summed E-state index contributed by atoms with van der Waals surface area (Å²) in [5.74, 6) is 0.433. The minimum atomic E-state index is -3.88. The predicted octanol–water partition coefficient (Wildman–Crippen LogP) is 3.87.